The summed E-state index contributed by atoms with van der Waals surface area (Å²) in [4.78, 5) is 44.5. The topological polar surface area (TPSA) is 124 Å². The molecule has 2 amide bonds. The van der Waals surface area contributed by atoms with Gasteiger partial charge in [-0.15, -0.1) is 0 Å². The highest BCUT2D eigenvalue weighted by Crippen LogP contribution is 2.20. The monoisotopic (exact) mass is 535 g/mol. The number of alkyl halides is 1. The number of hydrogen-bond acceptors (Lipinski definition) is 7. The number of methoxy groups -OCH3 is 1. The smallest absolute Gasteiger partial charge is 0.326 e. The number of nitrogens with zero attached hydrogens (tertiary/aromatic N) is 3. The molecule has 1 saturated heterocycles. The van der Waals surface area contributed by atoms with Gasteiger partial charge in [-0.25, -0.2) is 14.2 Å². The number of aliphatic carboxylic acids is 1. The van der Waals surface area contributed by atoms with E-state index < -0.39 is 30.7 Å². The van der Waals surface area contributed by atoms with Crippen LogP contribution >= 0.6 is 0 Å². The zero-order valence-corrected chi connectivity index (χ0v) is 22.4. The van der Waals surface area contributed by atoms with Crippen LogP contribution in [0.1, 0.15) is 56.2 Å². The Morgan fingerprint density at radius 1 is 1.24 bits per heavy atom. The van der Waals surface area contributed by atoms with Gasteiger partial charge in [0.05, 0.1) is 12.6 Å². The van der Waals surface area contributed by atoms with Crippen LogP contribution in [0.2, 0.25) is 0 Å². The van der Waals surface area contributed by atoms with E-state index in [4.69, 9.17) is 9.72 Å². The fourth-order valence-corrected chi connectivity index (χ4v) is 4.93. The van der Waals surface area contributed by atoms with Crippen molar-refractivity contribution in [3.05, 3.63) is 23.4 Å². The highest BCUT2D eigenvalue weighted by molar-refractivity contribution is 5.88. The third kappa shape index (κ3) is 9.50. The highest BCUT2D eigenvalue weighted by Gasteiger charge is 2.25. The van der Waals surface area contributed by atoms with Gasteiger partial charge < -0.3 is 30.3 Å². The number of carbonyl (C=O) groups is 3. The zero-order valence-electron chi connectivity index (χ0n) is 22.4. The van der Waals surface area contributed by atoms with E-state index in [1.165, 1.54) is 17.6 Å². The van der Waals surface area contributed by atoms with Gasteiger partial charge in [0.15, 0.2) is 0 Å². The minimum atomic E-state index is -1.14. The van der Waals surface area contributed by atoms with Crippen molar-refractivity contribution in [3.8, 4) is 0 Å². The number of nitrogens with one attached hydrogen (secondary N) is 2. The second-order valence-electron chi connectivity index (χ2n) is 10.1. The molecule has 0 bridgehead atoms. The first-order valence-corrected chi connectivity index (χ1v) is 13.7. The van der Waals surface area contributed by atoms with Gasteiger partial charge in [0.2, 0.25) is 11.8 Å². The predicted molar refractivity (Wildman–Crippen MR) is 142 cm³/mol. The van der Waals surface area contributed by atoms with E-state index in [1.807, 2.05) is 4.90 Å². The average molecular weight is 536 g/mol. The molecule has 0 aromatic carbocycles. The number of aromatic nitrogens is 1. The normalized spacial score (nSPS) is 17.0. The van der Waals surface area contributed by atoms with Gasteiger partial charge in [0, 0.05) is 45.4 Å². The SMILES string of the molecule is COC(CF)CN(CCCCc1ccc2c(n1)NCCC2)CCC(NC(=O)CN1CCCCC1=O)C(=O)O. The lowest BCUT2D eigenvalue weighted by Gasteiger charge is -2.28. The maximum Gasteiger partial charge on any atom is 0.326 e. The lowest BCUT2D eigenvalue weighted by molar-refractivity contribution is -0.143. The summed E-state index contributed by atoms with van der Waals surface area (Å²) in [7, 11) is 1.46. The van der Waals surface area contributed by atoms with Gasteiger partial charge in [-0.05, 0) is 69.5 Å². The number of carbonyl (C=O) groups excluding carboxylic acids is 2. The van der Waals surface area contributed by atoms with Crippen molar-refractivity contribution in [2.45, 2.75) is 69.9 Å². The standard InChI is InChI=1S/C27H42FN5O5/c1-38-22(17-28)18-32(14-4-2-8-21-11-10-20-7-6-13-29-26(20)30-21)16-12-23(27(36)37)31-24(34)19-33-15-5-3-9-25(33)35/h10-11,22-23H,2-9,12-19H2,1H3,(H,29,30)(H,31,34)(H,36,37). The number of amides is 2. The Hall–Kier alpha value is -2.79. The van der Waals surface area contributed by atoms with Gasteiger partial charge in [0.25, 0.3) is 0 Å². The number of halogens is 1. The third-order valence-corrected chi connectivity index (χ3v) is 7.20. The van der Waals surface area contributed by atoms with Crippen LogP contribution in [0, 0.1) is 0 Å². The van der Waals surface area contributed by atoms with Crippen molar-refractivity contribution in [1.29, 1.82) is 0 Å². The van der Waals surface area contributed by atoms with Crippen LogP contribution in [-0.4, -0.2) is 103 Å². The van der Waals surface area contributed by atoms with Crippen molar-refractivity contribution in [3.63, 3.8) is 0 Å². The van der Waals surface area contributed by atoms with E-state index in [-0.39, 0.29) is 18.9 Å². The Balaban J connectivity index is 1.49. The number of hydrogen-bond donors (Lipinski definition) is 3. The lowest BCUT2D eigenvalue weighted by atomic mass is 10.1. The number of pyridine rings is 1. The number of rotatable bonds is 16. The van der Waals surface area contributed by atoms with Crippen LogP contribution in [0.5, 0.6) is 0 Å². The molecule has 1 aromatic heterocycles. The van der Waals surface area contributed by atoms with Crippen LogP contribution in [0.3, 0.4) is 0 Å². The van der Waals surface area contributed by atoms with Crippen molar-refractivity contribution < 1.29 is 28.6 Å². The van der Waals surface area contributed by atoms with E-state index in [0.717, 1.165) is 63.0 Å². The molecule has 3 N–H and O–H groups in total. The molecular weight excluding hydrogens is 493 g/mol. The Bertz CT molecular complexity index is 929. The fourth-order valence-electron chi connectivity index (χ4n) is 4.93. The zero-order chi connectivity index (χ0) is 27.3. The Kier molecular flexibility index (Phi) is 12.2. The number of fused-ring (bicyclic) bond motifs is 1. The Morgan fingerprint density at radius 2 is 2.08 bits per heavy atom. The first-order chi connectivity index (χ1) is 18.4. The maximum absolute atomic E-state index is 13.4. The Morgan fingerprint density at radius 3 is 2.82 bits per heavy atom. The molecule has 1 fully saturated rings. The molecule has 1 aromatic rings. The molecule has 2 unspecified atom stereocenters. The fraction of sp³-hybridized carbons (Fsp3) is 0.704. The van der Waals surface area contributed by atoms with E-state index in [1.54, 1.807) is 0 Å². The molecule has 0 spiro atoms. The number of unbranched alkanes of at least 4 members (excludes halogenated alkanes) is 1. The number of ether oxygens (including phenoxy) is 1. The van der Waals surface area contributed by atoms with E-state index in [0.29, 0.717) is 32.6 Å². The van der Waals surface area contributed by atoms with Crippen LogP contribution in [-0.2, 0) is 32.0 Å². The van der Waals surface area contributed by atoms with Gasteiger partial charge in [-0.1, -0.05) is 6.07 Å². The molecule has 0 saturated carbocycles. The maximum atomic E-state index is 13.4. The highest BCUT2D eigenvalue weighted by atomic mass is 19.1. The number of anilines is 1. The number of carboxylic acids is 1. The summed E-state index contributed by atoms with van der Waals surface area (Å²) in [6, 6.07) is 3.12. The minimum absolute atomic E-state index is 0.0804. The van der Waals surface area contributed by atoms with E-state index >= 15 is 0 Å². The summed E-state index contributed by atoms with van der Waals surface area (Å²) < 4.78 is 18.6. The van der Waals surface area contributed by atoms with Crippen LogP contribution in [0.4, 0.5) is 10.2 Å². The summed E-state index contributed by atoms with van der Waals surface area (Å²) in [5, 5.41) is 15.6. The number of piperidine rings is 1. The molecule has 3 heterocycles. The van der Waals surface area contributed by atoms with Crippen LogP contribution in [0.25, 0.3) is 0 Å². The predicted octanol–water partition coefficient (Wildman–Crippen LogP) is 2.02. The number of carboxylic acid groups (broad SMARTS) is 1. The molecule has 2 aliphatic rings. The summed E-state index contributed by atoms with van der Waals surface area (Å²) >= 11 is 0. The van der Waals surface area contributed by atoms with Crippen LogP contribution in [0.15, 0.2) is 12.1 Å². The quantitative estimate of drug-likeness (QED) is 0.275. The van der Waals surface area contributed by atoms with Crippen LogP contribution < -0.4 is 10.6 Å². The lowest BCUT2D eigenvalue weighted by Crippen LogP contribution is -2.49. The van der Waals surface area contributed by atoms with E-state index in [2.05, 4.69) is 22.8 Å². The second kappa shape index (κ2) is 15.6. The average Bonchev–Trinajstić information content (AvgIpc) is 2.92. The molecule has 11 heteroatoms. The molecule has 38 heavy (non-hydrogen) atoms. The van der Waals surface area contributed by atoms with Crippen molar-refractivity contribution in [1.82, 2.24) is 20.1 Å². The minimum Gasteiger partial charge on any atom is -0.480 e. The number of likely N-dealkylation sites (tertiary alicyclic amines) is 1. The summed E-state index contributed by atoms with van der Waals surface area (Å²) in [6.45, 7) is 2.02. The summed E-state index contributed by atoms with van der Waals surface area (Å²) in [5.41, 5.74) is 2.29. The molecular formula is C27H42FN5O5. The third-order valence-electron chi connectivity index (χ3n) is 7.20. The van der Waals surface area contributed by atoms with Crippen molar-refractivity contribution in [2.24, 2.45) is 0 Å². The molecule has 0 radical (unpaired) electrons. The van der Waals surface area contributed by atoms with E-state index in [9.17, 15) is 23.9 Å². The largest absolute Gasteiger partial charge is 0.480 e. The van der Waals surface area contributed by atoms with Gasteiger partial charge in [0.1, 0.15) is 18.5 Å². The van der Waals surface area contributed by atoms with Gasteiger partial charge in [-0.3, -0.25) is 9.59 Å². The van der Waals surface area contributed by atoms with Crippen molar-refractivity contribution in [2.75, 3.05) is 58.4 Å². The molecule has 0 aliphatic carbocycles. The second-order valence-corrected chi connectivity index (χ2v) is 10.1. The van der Waals surface area contributed by atoms with Gasteiger partial charge >= 0.3 is 5.97 Å². The summed E-state index contributed by atoms with van der Waals surface area (Å²) in [6.07, 6.45) is 6.33. The molecule has 212 valence electrons. The molecule has 2 aliphatic heterocycles. The van der Waals surface area contributed by atoms with Crippen molar-refractivity contribution >= 4 is 23.6 Å². The Labute approximate surface area is 224 Å². The molecule has 10 nitrogen and oxygen atoms in total. The first-order valence-electron chi connectivity index (χ1n) is 13.7. The molecule has 3 rings (SSSR count). The number of aryl methyl sites for hydroxylation is 2. The molecule has 2 atom stereocenters. The summed E-state index contributed by atoms with van der Waals surface area (Å²) in [5.74, 6) is -0.718. The van der Waals surface area contributed by atoms with Gasteiger partial charge in [-0.2, -0.15) is 0 Å². The first kappa shape index (κ1) is 29.8.